The first-order valence-electron chi connectivity index (χ1n) is 9.85. The predicted molar refractivity (Wildman–Crippen MR) is 106 cm³/mol. The highest BCUT2D eigenvalue weighted by molar-refractivity contribution is 7.88. The second kappa shape index (κ2) is 9.80. The fourth-order valence-corrected chi connectivity index (χ4v) is 4.93. The lowest BCUT2D eigenvalue weighted by Crippen LogP contribution is -2.51. The molecule has 0 unspecified atom stereocenters. The van der Waals surface area contributed by atoms with Crippen LogP contribution in [-0.4, -0.2) is 74.9 Å². The smallest absolute Gasteiger partial charge is 0.246 e. The molecule has 1 amide bonds. The van der Waals surface area contributed by atoms with Gasteiger partial charge in [-0.05, 0) is 38.3 Å². The van der Waals surface area contributed by atoms with E-state index in [1.165, 1.54) is 19.3 Å². The minimum absolute atomic E-state index is 0.0158. The Morgan fingerprint density at radius 1 is 1.19 bits per heavy atom. The molecule has 0 spiro atoms. The fraction of sp³-hybridized carbons (Fsp3) is 0.789. The summed E-state index contributed by atoms with van der Waals surface area (Å²) in [6.45, 7) is 7.16. The molecule has 2 fully saturated rings. The third-order valence-electron chi connectivity index (χ3n) is 5.50. The van der Waals surface area contributed by atoms with Crippen LogP contribution in [0.25, 0.3) is 0 Å². The molecule has 0 aliphatic carbocycles. The van der Waals surface area contributed by atoms with E-state index in [2.05, 4.69) is 9.62 Å². The van der Waals surface area contributed by atoms with E-state index in [4.69, 9.17) is 0 Å². The molecule has 0 radical (unpaired) electrons. The van der Waals surface area contributed by atoms with Gasteiger partial charge in [-0.3, -0.25) is 9.69 Å². The highest BCUT2D eigenvalue weighted by Crippen LogP contribution is 2.29. The van der Waals surface area contributed by atoms with E-state index in [1.54, 1.807) is 11.0 Å². The zero-order chi connectivity index (χ0) is 20.0. The van der Waals surface area contributed by atoms with Gasteiger partial charge in [-0.2, -0.15) is 0 Å². The first-order valence-corrected chi connectivity index (χ1v) is 11.7. The van der Waals surface area contributed by atoms with Gasteiger partial charge in [-0.1, -0.05) is 26.3 Å². The minimum Gasteiger partial charge on any atom is -0.334 e. The number of hydrogen-bond acceptors (Lipinski definition) is 5. The summed E-state index contributed by atoms with van der Waals surface area (Å²) >= 11 is 0. The number of carbonyl (C=O) groups excluding carboxylic acids is 2. The van der Waals surface area contributed by atoms with Gasteiger partial charge in [-0.15, -0.1) is 0 Å². The van der Waals surface area contributed by atoms with Crippen LogP contribution in [0, 0.1) is 11.8 Å². The first-order chi connectivity index (χ1) is 12.7. The van der Waals surface area contributed by atoms with Crippen LogP contribution in [-0.2, 0) is 19.6 Å². The first kappa shape index (κ1) is 22.0. The summed E-state index contributed by atoms with van der Waals surface area (Å²) in [6, 6.07) is -0.888. The molecule has 2 aliphatic rings. The normalized spacial score (nSPS) is 26.0. The number of rotatable bonds is 8. The Hall–Kier alpha value is -1.25. The van der Waals surface area contributed by atoms with Gasteiger partial charge in [0.1, 0.15) is 6.29 Å². The second-order valence-corrected chi connectivity index (χ2v) is 9.81. The van der Waals surface area contributed by atoms with Crippen LogP contribution in [0.1, 0.15) is 39.5 Å². The average Bonchev–Trinajstić information content (AvgIpc) is 2.98. The van der Waals surface area contributed by atoms with Crippen molar-refractivity contribution < 1.29 is 18.0 Å². The largest absolute Gasteiger partial charge is 0.334 e. The number of nitrogens with zero attached hydrogens (tertiary/aromatic N) is 2. The molecule has 8 heteroatoms. The molecule has 0 bridgehead atoms. The zero-order valence-electron chi connectivity index (χ0n) is 16.6. The van der Waals surface area contributed by atoms with Crippen molar-refractivity contribution in [3.63, 3.8) is 0 Å². The highest BCUT2D eigenvalue weighted by atomic mass is 32.2. The van der Waals surface area contributed by atoms with Gasteiger partial charge >= 0.3 is 0 Å². The van der Waals surface area contributed by atoms with Crippen molar-refractivity contribution >= 4 is 22.2 Å². The van der Waals surface area contributed by atoms with Crippen LogP contribution in [0.3, 0.4) is 0 Å². The van der Waals surface area contributed by atoms with E-state index < -0.39 is 28.0 Å². The molecule has 2 aliphatic heterocycles. The summed E-state index contributed by atoms with van der Waals surface area (Å²) in [7, 11) is -3.42. The van der Waals surface area contributed by atoms with Crippen molar-refractivity contribution in [1.82, 2.24) is 14.5 Å². The molecule has 27 heavy (non-hydrogen) atoms. The summed E-state index contributed by atoms with van der Waals surface area (Å²) in [5, 5.41) is 0. The molecular formula is C19H33N3O4S. The number of hydrogen-bond donors (Lipinski definition) is 1. The molecule has 154 valence electrons. The molecule has 2 rings (SSSR count). The molecule has 7 nitrogen and oxygen atoms in total. The van der Waals surface area contributed by atoms with Gasteiger partial charge in [-0.25, -0.2) is 13.1 Å². The van der Waals surface area contributed by atoms with Gasteiger partial charge < -0.3 is 9.69 Å². The van der Waals surface area contributed by atoms with E-state index in [-0.39, 0.29) is 11.8 Å². The molecular weight excluding hydrogens is 366 g/mol. The Bertz CT molecular complexity index is 641. The summed E-state index contributed by atoms with van der Waals surface area (Å²) in [5.74, 6) is -0.546. The van der Waals surface area contributed by atoms with Crippen molar-refractivity contribution in [3.05, 3.63) is 12.2 Å². The van der Waals surface area contributed by atoms with Crippen molar-refractivity contribution in [2.24, 2.45) is 11.8 Å². The lowest BCUT2D eigenvalue weighted by Gasteiger charge is -2.33. The number of nitrogens with one attached hydrogen (secondary N) is 1. The van der Waals surface area contributed by atoms with E-state index in [1.807, 2.05) is 19.9 Å². The Kier molecular flexibility index (Phi) is 8.00. The van der Waals surface area contributed by atoms with Crippen LogP contribution in [0.15, 0.2) is 12.2 Å². The predicted octanol–water partition coefficient (Wildman–Crippen LogP) is 1.02. The quantitative estimate of drug-likeness (QED) is 0.486. The van der Waals surface area contributed by atoms with Crippen molar-refractivity contribution in [2.75, 3.05) is 32.4 Å². The van der Waals surface area contributed by atoms with Gasteiger partial charge in [0.2, 0.25) is 15.9 Å². The molecule has 0 aromatic heterocycles. The van der Waals surface area contributed by atoms with E-state index in [9.17, 15) is 18.0 Å². The van der Waals surface area contributed by atoms with Crippen molar-refractivity contribution in [2.45, 2.75) is 51.6 Å². The number of amides is 1. The van der Waals surface area contributed by atoms with Crippen LogP contribution in [0.2, 0.25) is 0 Å². The standard InChI is InChI=1S/C19H33N3O4S/c1-15(2)16(14-23)19-17(20-27(3,25)26)9-13-22(19)18(24)8-7-12-21-10-5-4-6-11-21/h7-8,14-17,19-20H,4-6,9-13H2,1-3H3/b8-7+/t16-,17+,19-/m0/s1. The maximum atomic E-state index is 12.8. The van der Waals surface area contributed by atoms with Gasteiger partial charge in [0, 0.05) is 31.1 Å². The Labute approximate surface area is 163 Å². The van der Waals surface area contributed by atoms with E-state index in [0.29, 0.717) is 13.0 Å². The molecule has 3 atom stereocenters. The van der Waals surface area contributed by atoms with Crippen molar-refractivity contribution in [1.29, 1.82) is 0 Å². The Morgan fingerprint density at radius 2 is 1.85 bits per heavy atom. The summed E-state index contributed by atoms with van der Waals surface area (Å²) in [6.07, 6.45) is 9.61. The average molecular weight is 400 g/mol. The number of likely N-dealkylation sites (tertiary alicyclic amines) is 2. The fourth-order valence-electron chi connectivity index (χ4n) is 4.12. The Balaban J connectivity index is 2.09. The van der Waals surface area contributed by atoms with Gasteiger partial charge in [0.05, 0.1) is 12.3 Å². The lowest BCUT2D eigenvalue weighted by atomic mass is 9.86. The SMILES string of the molecule is CC(C)[C@H](C=O)[C@H]1[C@H](NS(C)(=O)=O)CCN1C(=O)/C=C/CN1CCCCC1. The van der Waals surface area contributed by atoms with Gasteiger partial charge in [0.25, 0.3) is 0 Å². The minimum atomic E-state index is -3.42. The lowest BCUT2D eigenvalue weighted by molar-refractivity contribution is -0.129. The monoisotopic (exact) mass is 399 g/mol. The van der Waals surface area contributed by atoms with Crippen molar-refractivity contribution in [3.8, 4) is 0 Å². The Morgan fingerprint density at radius 3 is 2.41 bits per heavy atom. The molecule has 1 N–H and O–H groups in total. The van der Waals surface area contributed by atoms with Crippen LogP contribution in [0.4, 0.5) is 0 Å². The van der Waals surface area contributed by atoms with Gasteiger partial charge in [0.15, 0.2) is 0 Å². The molecule has 0 aromatic carbocycles. The summed E-state index contributed by atoms with van der Waals surface area (Å²) in [5.41, 5.74) is 0. The molecule has 0 aromatic rings. The van der Waals surface area contributed by atoms with E-state index >= 15 is 0 Å². The van der Waals surface area contributed by atoms with E-state index in [0.717, 1.165) is 32.2 Å². The van der Waals surface area contributed by atoms with Crippen LogP contribution in [0.5, 0.6) is 0 Å². The topological polar surface area (TPSA) is 86.8 Å². The maximum Gasteiger partial charge on any atom is 0.246 e. The van der Waals surface area contributed by atoms with Crippen LogP contribution >= 0.6 is 0 Å². The molecule has 2 saturated heterocycles. The third kappa shape index (κ3) is 6.40. The third-order valence-corrected chi connectivity index (χ3v) is 6.23. The molecule has 0 saturated carbocycles. The highest BCUT2D eigenvalue weighted by Gasteiger charge is 2.43. The second-order valence-electron chi connectivity index (χ2n) is 8.03. The maximum absolute atomic E-state index is 12.8. The number of piperidine rings is 1. The number of sulfonamides is 1. The van der Waals surface area contributed by atoms with Crippen LogP contribution < -0.4 is 4.72 Å². The number of carbonyl (C=O) groups is 2. The number of aldehydes is 1. The summed E-state index contributed by atoms with van der Waals surface area (Å²) in [4.78, 5) is 28.5. The zero-order valence-corrected chi connectivity index (χ0v) is 17.5. The molecule has 2 heterocycles. The summed E-state index contributed by atoms with van der Waals surface area (Å²) < 4.78 is 26.0.